The van der Waals surface area contributed by atoms with E-state index in [0.29, 0.717) is 6.42 Å². The molecule has 1 aliphatic heterocycles. The van der Waals surface area contributed by atoms with Crippen LogP contribution in [0.5, 0.6) is 0 Å². The molecule has 1 saturated heterocycles. The first-order chi connectivity index (χ1) is 19.9. The number of nitrogens with one attached hydrogen (secondary N) is 2. The molecule has 0 radical (unpaired) electrons. The Labute approximate surface area is 240 Å². The number of esters is 1. The Hall–Kier alpha value is -3.44. The van der Waals surface area contributed by atoms with Gasteiger partial charge in [-0.2, -0.15) is 4.98 Å². The van der Waals surface area contributed by atoms with E-state index in [1.807, 2.05) is 0 Å². The van der Waals surface area contributed by atoms with E-state index in [1.165, 1.54) is 77.5 Å². The van der Waals surface area contributed by atoms with Gasteiger partial charge in [-0.1, -0.05) is 89.1 Å². The van der Waals surface area contributed by atoms with E-state index in [0.717, 1.165) is 19.3 Å². The number of hydrogen-bond donors (Lipinski definition) is 2. The smallest absolute Gasteiger partial charge is 0.302 e. The van der Waals surface area contributed by atoms with Crippen LogP contribution in [0.1, 0.15) is 116 Å². The van der Waals surface area contributed by atoms with Crippen LogP contribution < -0.4 is 10.9 Å². The van der Waals surface area contributed by atoms with Gasteiger partial charge in [0.2, 0.25) is 11.9 Å². The molecule has 2 aromatic rings. The van der Waals surface area contributed by atoms with Crippen molar-refractivity contribution in [3.63, 3.8) is 0 Å². The molecule has 0 bridgehead atoms. The van der Waals surface area contributed by atoms with Gasteiger partial charge in [0.15, 0.2) is 11.2 Å². The number of carbonyl (C=O) groups is 2. The largest absolute Gasteiger partial charge is 0.463 e. The minimum Gasteiger partial charge on any atom is -0.463 e. The minimum absolute atomic E-state index is 0.0324. The highest BCUT2D eigenvalue weighted by molar-refractivity contribution is 5.89. The summed E-state index contributed by atoms with van der Waals surface area (Å²) in [6.45, 7) is 3.45. The van der Waals surface area contributed by atoms with E-state index < -0.39 is 29.9 Å². The first-order valence-electron chi connectivity index (χ1n) is 15.0. The molecule has 0 aliphatic carbocycles. The molecule has 1 aliphatic rings. The van der Waals surface area contributed by atoms with E-state index >= 15 is 0 Å². The first kappa shape index (κ1) is 32.1. The summed E-state index contributed by atoms with van der Waals surface area (Å²) >= 11 is 0. The number of azide groups is 1. The fourth-order valence-corrected chi connectivity index (χ4v) is 5.12. The SMILES string of the molecule is CCCCCCCCCCCCCCCC(=O)Nc1nc2c(ncn2[C@H]2C[C@H](N=[N+]=[N-])[C@@H](COC(C)=O)O2)c(=O)[nH]1. The lowest BCUT2D eigenvalue weighted by Gasteiger charge is -2.16. The number of aromatic amines is 1. The summed E-state index contributed by atoms with van der Waals surface area (Å²) in [4.78, 5) is 50.3. The lowest BCUT2D eigenvalue weighted by molar-refractivity contribution is -0.145. The molecule has 1 amide bonds. The van der Waals surface area contributed by atoms with E-state index in [2.05, 4.69) is 37.2 Å². The van der Waals surface area contributed by atoms with Gasteiger partial charge in [-0.3, -0.25) is 29.3 Å². The number of imidazole rings is 1. The highest BCUT2D eigenvalue weighted by atomic mass is 16.6. The van der Waals surface area contributed by atoms with Crippen molar-refractivity contribution in [3.8, 4) is 0 Å². The van der Waals surface area contributed by atoms with Crippen molar-refractivity contribution in [2.24, 2.45) is 5.11 Å². The van der Waals surface area contributed by atoms with Gasteiger partial charge in [-0.05, 0) is 12.0 Å². The van der Waals surface area contributed by atoms with Crippen molar-refractivity contribution in [1.29, 1.82) is 0 Å². The van der Waals surface area contributed by atoms with Crippen LogP contribution in [0, 0.1) is 0 Å². The van der Waals surface area contributed by atoms with Crippen molar-refractivity contribution in [2.75, 3.05) is 11.9 Å². The number of H-pyrrole nitrogens is 1. The van der Waals surface area contributed by atoms with Gasteiger partial charge in [0.25, 0.3) is 5.56 Å². The number of unbranched alkanes of at least 4 members (excludes halogenated alkanes) is 12. The number of fused-ring (bicyclic) bond motifs is 1. The van der Waals surface area contributed by atoms with Crippen molar-refractivity contribution < 1.29 is 19.1 Å². The van der Waals surface area contributed by atoms with Crippen molar-refractivity contribution in [2.45, 2.75) is 129 Å². The maximum atomic E-state index is 12.6. The third kappa shape index (κ3) is 10.5. The van der Waals surface area contributed by atoms with Crippen LogP contribution in [0.3, 0.4) is 0 Å². The molecule has 13 heteroatoms. The molecule has 41 heavy (non-hydrogen) atoms. The summed E-state index contributed by atoms with van der Waals surface area (Å²) in [5, 5.41) is 6.44. The van der Waals surface area contributed by atoms with Crippen molar-refractivity contribution >= 4 is 29.0 Å². The molecule has 0 saturated carbocycles. The number of aromatic nitrogens is 4. The average Bonchev–Trinajstić information content (AvgIpc) is 3.54. The monoisotopic (exact) mass is 572 g/mol. The van der Waals surface area contributed by atoms with Crippen LogP contribution in [0.2, 0.25) is 0 Å². The molecule has 0 aromatic carbocycles. The summed E-state index contributed by atoms with van der Waals surface area (Å²) in [5.74, 6) is -0.661. The summed E-state index contributed by atoms with van der Waals surface area (Å²) in [7, 11) is 0. The molecular formula is C28H44N8O5. The summed E-state index contributed by atoms with van der Waals surface area (Å²) in [6, 6.07) is -0.580. The van der Waals surface area contributed by atoms with Crippen molar-refractivity contribution in [3.05, 3.63) is 27.1 Å². The van der Waals surface area contributed by atoms with Crippen molar-refractivity contribution in [1.82, 2.24) is 19.5 Å². The fourth-order valence-electron chi connectivity index (χ4n) is 5.12. The second-order valence-corrected chi connectivity index (χ2v) is 10.7. The lowest BCUT2D eigenvalue weighted by Crippen LogP contribution is -2.26. The van der Waals surface area contributed by atoms with Gasteiger partial charge in [0.05, 0.1) is 12.4 Å². The molecule has 2 N–H and O–H groups in total. The second kappa shape index (κ2) is 17.4. The standard InChI is InChI=1S/C28H44N8O5/c1-3-4-5-6-7-8-9-10-11-12-13-14-15-16-23(38)31-28-32-26-25(27(39)33-28)30-19-36(26)24-17-21(34-35-29)22(41-24)18-40-20(2)37/h19,21-22,24H,3-18H2,1-2H3,(H2,31,32,33,38,39)/t21-,22+,24+/m0/s1. The molecule has 226 valence electrons. The number of anilines is 1. The molecule has 3 heterocycles. The number of amides is 1. The summed E-state index contributed by atoms with van der Waals surface area (Å²) in [5.41, 5.74) is 8.74. The summed E-state index contributed by atoms with van der Waals surface area (Å²) < 4.78 is 12.6. The van der Waals surface area contributed by atoms with Crippen LogP contribution in [0.4, 0.5) is 5.95 Å². The highest BCUT2D eigenvalue weighted by Gasteiger charge is 2.37. The van der Waals surface area contributed by atoms with Gasteiger partial charge >= 0.3 is 5.97 Å². The van der Waals surface area contributed by atoms with E-state index in [9.17, 15) is 14.4 Å². The molecule has 3 rings (SSSR count). The van der Waals surface area contributed by atoms with Gasteiger partial charge in [-0.25, -0.2) is 4.98 Å². The van der Waals surface area contributed by atoms with Gasteiger partial charge in [0.1, 0.15) is 18.9 Å². The Morgan fingerprint density at radius 1 is 1.12 bits per heavy atom. The topological polar surface area (TPSA) is 177 Å². The molecule has 1 fully saturated rings. The Morgan fingerprint density at radius 3 is 2.37 bits per heavy atom. The second-order valence-electron chi connectivity index (χ2n) is 10.7. The number of ether oxygens (including phenoxy) is 2. The summed E-state index contributed by atoms with van der Waals surface area (Å²) in [6.07, 6.45) is 16.7. The van der Waals surface area contributed by atoms with E-state index in [4.69, 9.17) is 15.0 Å². The molecule has 0 spiro atoms. The molecule has 3 atom stereocenters. The van der Waals surface area contributed by atoms with Gasteiger partial charge < -0.3 is 9.47 Å². The predicted octanol–water partition coefficient (Wildman–Crippen LogP) is 6.07. The number of hydrogen-bond acceptors (Lipinski definition) is 8. The Morgan fingerprint density at radius 2 is 1.76 bits per heavy atom. The molecule has 2 aromatic heterocycles. The zero-order valence-corrected chi connectivity index (χ0v) is 24.3. The third-order valence-electron chi connectivity index (χ3n) is 7.36. The third-order valence-corrected chi connectivity index (χ3v) is 7.36. The number of nitrogens with zero attached hydrogens (tertiary/aromatic N) is 6. The minimum atomic E-state index is -0.654. The zero-order valence-electron chi connectivity index (χ0n) is 24.3. The molecule has 13 nitrogen and oxygen atoms in total. The fraction of sp³-hybridized carbons (Fsp3) is 0.750. The van der Waals surface area contributed by atoms with Gasteiger partial charge in [0, 0.05) is 24.7 Å². The molecule has 0 unspecified atom stereocenters. The van der Waals surface area contributed by atoms with Crippen LogP contribution in [0.25, 0.3) is 21.6 Å². The quantitative estimate of drug-likeness (QED) is 0.0674. The van der Waals surface area contributed by atoms with E-state index in [-0.39, 0.29) is 36.0 Å². The number of carbonyl (C=O) groups excluding carboxylic acids is 2. The van der Waals surface area contributed by atoms with Crippen LogP contribution in [-0.4, -0.2) is 50.1 Å². The predicted molar refractivity (Wildman–Crippen MR) is 155 cm³/mol. The van der Waals surface area contributed by atoms with Crippen LogP contribution in [0.15, 0.2) is 16.2 Å². The molecular weight excluding hydrogens is 528 g/mol. The Kier molecular flexibility index (Phi) is 13.6. The van der Waals surface area contributed by atoms with Gasteiger partial charge in [-0.15, -0.1) is 0 Å². The van der Waals surface area contributed by atoms with Crippen LogP contribution in [-0.2, 0) is 19.1 Å². The first-order valence-corrected chi connectivity index (χ1v) is 15.0. The lowest BCUT2D eigenvalue weighted by atomic mass is 10.0. The normalized spacial score (nSPS) is 18.3. The highest BCUT2D eigenvalue weighted by Crippen LogP contribution is 2.32. The van der Waals surface area contributed by atoms with E-state index in [1.54, 1.807) is 4.57 Å². The average molecular weight is 573 g/mol. The Bertz CT molecular complexity index is 1220. The number of rotatable bonds is 19. The Balaban J connectivity index is 1.44. The maximum Gasteiger partial charge on any atom is 0.302 e. The zero-order chi connectivity index (χ0) is 29.5. The maximum absolute atomic E-state index is 12.6. The van der Waals surface area contributed by atoms with Crippen LogP contribution >= 0.6 is 0 Å².